The molecule has 2 rings (SSSR count). The molecule has 0 aliphatic rings. The summed E-state index contributed by atoms with van der Waals surface area (Å²) in [6, 6.07) is 0. The van der Waals surface area contributed by atoms with Gasteiger partial charge in [-0.1, -0.05) is 13.8 Å². The van der Waals surface area contributed by atoms with Gasteiger partial charge in [-0.3, -0.25) is 23.2 Å². The molecule has 0 fully saturated rings. The van der Waals surface area contributed by atoms with E-state index in [2.05, 4.69) is 20.4 Å². The highest BCUT2D eigenvalue weighted by Gasteiger charge is 2.28. The zero-order valence-electron chi connectivity index (χ0n) is 23.8. The largest absolute Gasteiger partial charge is 0.510 e. The van der Waals surface area contributed by atoms with E-state index in [1.165, 1.54) is 12.7 Å². The van der Waals surface area contributed by atoms with Crippen molar-refractivity contribution >= 4 is 37.0 Å². The van der Waals surface area contributed by atoms with Crippen LogP contribution in [0.25, 0.3) is 11.2 Å². The quantitative estimate of drug-likeness (QED) is 0.0904. The van der Waals surface area contributed by atoms with Crippen molar-refractivity contribution in [1.82, 2.24) is 25.0 Å². The predicted octanol–water partition coefficient (Wildman–Crippen LogP) is 3.38. The second kappa shape index (κ2) is 16.8. The Bertz CT molecular complexity index is 1160. The van der Waals surface area contributed by atoms with E-state index < -0.39 is 58.0 Å². The number of nitrogens with one attached hydrogen (secondary N) is 1. The van der Waals surface area contributed by atoms with Crippen molar-refractivity contribution in [3.8, 4) is 0 Å². The average molecular weight is 606 g/mol. The molecule has 0 unspecified atom stereocenters. The molecule has 0 aromatic carbocycles. The van der Waals surface area contributed by atoms with Gasteiger partial charge >= 0.3 is 19.9 Å². The van der Waals surface area contributed by atoms with E-state index in [9.17, 15) is 18.9 Å². The molecule has 0 spiro atoms. The molecule has 18 heteroatoms. The molecular weight excluding hydrogens is 569 g/mol. The smallest absolute Gasteiger partial charge is 0.432 e. The molecule has 0 aliphatic heterocycles. The zero-order valence-corrected chi connectivity index (χ0v) is 24.7. The third-order valence-electron chi connectivity index (χ3n) is 4.44. The molecule has 2 aromatic rings. The molecule has 2 aromatic heterocycles. The standard InChI is InChI=1S/C23H36N5O12P/c1-15(2)9-36-27-21(29)19-18-20(25-10-24-19)28(11-26-18)7-8-33-14-41(32,37-12-34-22(30)39-16(3)4)38-13-35-23(31)40-17(5)6/h10-11,15-17H,7-9,12-14H2,1-6H3,(H,27,29). The Morgan fingerprint density at radius 2 is 1.54 bits per heavy atom. The Hall–Kier alpha value is -3.37. The Kier molecular flexibility index (Phi) is 13.9. The summed E-state index contributed by atoms with van der Waals surface area (Å²) in [6.45, 7) is 9.24. The number of carbonyl (C=O) groups is 3. The summed E-state index contributed by atoms with van der Waals surface area (Å²) in [7, 11) is -4.10. The fourth-order valence-electron chi connectivity index (χ4n) is 2.75. The van der Waals surface area contributed by atoms with E-state index in [-0.39, 0.29) is 30.3 Å². The molecule has 0 bridgehead atoms. The van der Waals surface area contributed by atoms with Gasteiger partial charge in [0.05, 0.1) is 31.7 Å². The van der Waals surface area contributed by atoms with E-state index in [0.29, 0.717) is 12.3 Å². The Morgan fingerprint density at radius 3 is 2.10 bits per heavy atom. The van der Waals surface area contributed by atoms with Crippen LogP contribution in [-0.4, -0.2) is 83.1 Å². The first-order valence-electron chi connectivity index (χ1n) is 12.6. The number of fused-ring (bicyclic) bond motifs is 1. The molecule has 1 amide bonds. The number of nitrogens with zero attached hydrogens (tertiary/aromatic N) is 4. The summed E-state index contributed by atoms with van der Waals surface area (Å²) < 4.78 is 49.4. The van der Waals surface area contributed by atoms with Crippen molar-refractivity contribution in [3.63, 3.8) is 0 Å². The summed E-state index contributed by atoms with van der Waals surface area (Å²) in [4.78, 5) is 53.1. The highest BCUT2D eigenvalue weighted by atomic mass is 31.2. The molecular formula is C23H36N5O12P. The van der Waals surface area contributed by atoms with Crippen molar-refractivity contribution in [2.75, 3.05) is 33.1 Å². The van der Waals surface area contributed by atoms with Gasteiger partial charge in [-0.2, -0.15) is 0 Å². The van der Waals surface area contributed by atoms with Gasteiger partial charge < -0.3 is 28.3 Å². The molecule has 0 atom stereocenters. The number of hydroxylamine groups is 1. The van der Waals surface area contributed by atoms with E-state index in [1.54, 1.807) is 32.3 Å². The third kappa shape index (κ3) is 12.4. The third-order valence-corrected chi connectivity index (χ3v) is 5.94. The van der Waals surface area contributed by atoms with Crippen LogP contribution in [0.1, 0.15) is 52.0 Å². The van der Waals surface area contributed by atoms with Gasteiger partial charge in [0.1, 0.15) is 18.2 Å². The van der Waals surface area contributed by atoms with Gasteiger partial charge in [0.2, 0.25) is 13.6 Å². The molecule has 0 saturated carbocycles. The van der Waals surface area contributed by atoms with Crippen molar-refractivity contribution in [3.05, 3.63) is 18.3 Å². The molecule has 0 saturated heterocycles. The number of hydrogen-bond acceptors (Lipinski definition) is 15. The molecule has 41 heavy (non-hydrogen) atoms. The first-order chi connectivity index (χ1) is 19.4. The number of carbonyl (C=O) groups excluding carboxylic acids is 3. The summed E-state index contributed by atoms with van der Waals surface area (Å²) in [5.74, 6) is -0.359. The lowest BCUT2D eigenvalue weighted by molar-refractivity contribution is -0.0344. The molecule has 230 valence electrons. The van der Waals surface area contributed by atoms with Crippen LogP contribution in [0.2, 0.25) is 0 Å². The minimum absolute atomic E-state index is 0.0247. The van der Waals surface area contributed by atoms with Crippen LogP contribution >= 0.6 is 7.60 Å². The minimum Gasteiger partial charge on any atom is -0.432 e. The van der Waals surface area contributed by atoms with Gasteiger partial charge in [0, 0.05) is 6.54 Å². The van der Waals surface area contributed by atoms with Gasteiger partial charge in [0.25, 0.3) is 5.91 Å². The normalized spacial score (nSPS) is 11.7. The van der Waals surface area contributed by atoms with Crippen LogP contribution in [0.5, 0.6) is 0 Å². The first kappa shape index (κ1) is 33.8. The summed E-state index contributed by atoms with van der Waals surface area (Å²) in [6.07, 6.45) is -0.923. The van der Waals surface area contributed by atoms with Crippen LogP contribution in [0.3, 0.4) is 0 Å². The molecule has 17 nitrogen and oxygen atoms in total. The molecule has 1 N–H and O–H groups in total. The van der Waals surface area contributed by atoms with Crippen LogP contribution in [0.15, 0.2) is 12.7 Å². The van der Waals surface area contributed by atoms with Crippen molar-refractivity contribution in [2.24, 2.45) is 5.92 Å². The van der Waals surface area contributed by atoms with Gasteiger partial charge in [-0.15, -0.1) is 0 Å². The fourth-order valence-corrected chi connectivity index (χ4v) is 3.75. The number of hydrogen-bond donors (Lipinski definition) is 1. The maximum Gasteiger partial charge on any atom is 0.510 e. The van der Waals surface area contributed by atoms with Gasteiger partial charge in [-0.05, 0) is 33.6 Å². The second-order valence-corrected chi connectivity index (χ2v) is 11.2. The van der Waals surface area contributed by atoms with Crippen molar-refractivity contribution in [2.45, 2.75) is 60.3 Å². The number of imidazole rings is 1. The second-order valence-electron chi connectivity index (χ2n) is 9.23. The maximum atomic E-state index is 13.1. The Balaban J connectivity index is 1.96. The number of amides is 1. The summed E-state index contributed by atoms with van der Waals surface area (Å²) >= 11 is 0. The van der Waals surface area contributed by atoms with E-state index in [1.807, 2.05) is 13.8 Å². The van der Waals surface area contributed by atoms with Crippen molar-refractivity contribution in [1.29, 1.82) is 0 Å². The van der Waals surface area contributed by atoms with Crippen LogP contribution in [0.4, 0.5) is 9.59 Å². The van der Waals surface area contributed by atoms with E-state index in [4.69, 9.17) is 37.6 Å². The number of ether oxygens (including phenoxy) is 5. The van der Waals surface area contributed by atoms with Crippen LogP contribution in [-0.2, 0) is 48.7 Å². The minimum atomic E-state index is -4.10. The number of rotatable bonds is 17. The molecule has 2 heterocycles. The SMILES string of the molecule is CC(C)CONC(=O)c1ncnc2c1ncn2CCOCP(=O)(OCOC(=O)OC(C)C)OCOC(=O)OC(C)C. The maximum absolute atomic E-state index is 13.1. The monoisotopic (exact) mass is 605 g/mol. The first-order valence-corrected chi connectivity index (χ1v) is 14.3. The van der Waals surface area contributed by atoms with Gasteiger partial charge in [0.15, 0.2) is 11.3 Å². The van der Waals surface area contributed by atoms with Crippen molar-refractivity contribution < 1.29 is 56.5 Å². The zero-order chi connectivity index (χ0) is 30.4. The van der Waals surface area contributed by atoms with Crippen LogP contribution < -0.4 is 5.48 Å². The highest BCUT2D eigenvalue weighted by molar-refractivity contribution is 7.53. The molecule has 0 radical (unpaired) electrons. The Labute approximate surface area is 236 Å². The lowest BCUT2D eigenvalue weighted by atomic mass is 10.2. The predicted molar refractivity (Wildman–Crippen MR) is 139 cm³/mol. The summed E-state index contributed by atoms with van der Waals surface area (Å²) in [5, 5.41) is 0. The van der Waals surface area contributed by atoms with Gasteiger partial charge in [-0.25, -0.2) is 30.0 Å². The lowest BCUT2D eigenvalue weighted by Crippen LogP contribution is -2.26. The average Bonchev–Trinajstić information content (AvgIpc) is 3.28. The topological polar surface area (TPSA) is 198 Å². The highest BCUT2D eigenvalue weighted by Crippen LogP contribution is 2.48. The lowest BCUT2D eigenvalue weighted by Gasteiger charge is -2.19. The molecule has 0 aliphatic carbocycles. The van der Waals surface area contributed by atoms with E-state index >= 15 is 0 Å². The summed E-state index contributed by atoms with van der Waals surface area (Å²) in [5.41, 5.74) is 2.94. The van der Waals surface area contributed by atoms with Crippen LogP contribution in [0, 0.1) is 5.92 Å². The number of aromatic nitrogens is 4. The fraction of sp³-hybridized carbons (Fsp3) is 0.652. The van der Waals surface area contributed by atoms with E-state index in [0.717, 1.165) is 0 Å². The Morgan fingerprint density at radius 1 is 0.927 bits per heavy atom.